The number of carbonyl (C=O) groups excluding carboxylic acids is 4. The largest absolute Gasteiger partial charge is 0.439 e. The van der Waals surface area contributed by atoms with E-state index in [2.05, 4.69) is 5.32 Å². The van der Waals surface area contributed by atoms with Crippen LogP contribution in [-0.2, 0) is 9.53 Å². The topological polar surface area (TPSA) is 99.3 Å². The molecule has 3 aliphatic heterocycles. The SMILES string of the molecule is CN1C[C@]2(CCN(C(=O)c3ccc(N4CC(=O)NC4=O)cc3)C2)OC1=O. The van der Waals surface area contributed by atoms with Gasteiger partial charge in [-0.15, -0.1) is 0 Å². The Bertz CT molecular complexity index is 808. The molecule has 9 nitrogen and oxygen atoms in total. The normalized spacial score (nSPS) is 25.3. The Morgan fingerprint density at radius 2 is 1.88 bits per heavy atom. The molecule has 136 valence electrons. The van der Waals surface area contributed by atoms with Crippen molar-refractivity contribution in [3.05, 3.63) is 29.8 Å². The number of likely N-dealkylation sites (tertiary alicyclic amines) is 1. The predicted octanol–water partition coefficient (Wildman–Crippen LogP) is 0.409. The Kier molecular flexibility index (Phi) is 3.60. The number of nitrogens with zero attached hydrogens (tertiary/aromatic N) is 3. The number of amides is 5. The molecular formula is C17H18N4O5. The van der Waals surface area contributed by atoms with Gasteiger partial charge in [-0.3, -0.25) is 19.8 Å². The molecule has 0 radical (unpaired) electrons. The maximum Gasteiger partial charge on any atom is 0.410 e. The summed E-state index contributed by atoms with van der Waals surface area (Å²) >= 11 is 0. The fourth-order valence-corrected chi connectivity index (χ4v) is 3.64. The lowest BCUT2D eigenvalue weighted by Gasteiger charge is -2.22. The van der Waals surface area contributed by atoms with Crippen LogP contribution in [0.4, 0.5) is 15.3 Å². The standard InChI is InChI=1S/C17H18N4O5/c1-19-9-17(26-16(19)25)6-7-20(10-17)14(23)11-2-4-12(5-3-11)21-8-13(22)18-15(21)24/h2-5H,6-10H2,1H3,(H,18,22,24)/t17-/m0/s1. The second-order valence-corrected chi connectivity index (χ2v) is 6.87. The zero-order chi connectivity index (χ0) is 18.5. The summed E-state index contributed by atoms with van der Waals surface area (Å²) in [6.45, 7) is 1.34. The van der Waals surface area contributed by atoms with Gasteiger partial charge in [0, 0.05) is 31.3 Å². The van der Waals surface area contributed by atoms with Gasteiger partial charge in [0.2, 0.25) is 5.91 Å². The van der Waals surface area contributed by atoms with Crippen LogP contribution in [0.5, 0.6) is 0 Å². The Morgan fingerprint density at radius 3 is 2.46 bits per heavy atom. The summed E-state index contributed by atoms with van der Waals surface area (Å²) < 4.78 is 5.46. The number of anilines is 1. The van der Waals surface area contributed by atoms with Crippen LogP contribution < -0.4 is 10.2 Å². The molecule has 0 aromatic heterocycles. The number of ether oxygens (including phenoxy) is 1. The van der Waals surface area contributed by atoms with Crippen molar-refractivity contribution < 1.29 is 23.9 Å². The number of imide groups is 1. The van der Waals surface area contributed by atoms with Gasteiger partial charge in [-0.05, 0) is 24.3 Å². The van der Waals surface area contributed by atoms with Crippen LogP contribution in [-0.4, -0.2) is 72.6 Å². The molecule has 3 heterocycles. The van der Waals surface area contributed by atoms with E-state index < -0.39 is 11.6 Å². The van der Waals surface area contributed by atoms with Gasteiger partial charge in [-0.1, -0.05) is 0 Å². The first kappa shape index (κ1) is 16.4. The molecule has 0 bridgehead atoms. The van der Waals surface area contributed by atoms with Crippen LogP contribution in [0.25, 0.3) is 0 Å². The molecule has 5 amide bonds. The van der Waals surface area contributed by atoms with Crippen molar-refractivity contribution in [2.24, 2.45) is 0 Å². The highest BCUT2D eigenvalue weighted by molar-refractivity contribution is 6.12. The molecule has 3 aliphatic rings. The van der Waals surface area contributed by atoms with Crippen molar-refractivity contribution in [2.45, 2.75) is 12.0 Å². The minimum atomic E-state index is -0.616. The van der Waals surface area contributed by atoms with Gasteiger partial charge in [0.1, 0.15) is 6.54 Å². The molecule has 4 rings (SSSR count). The minimum Gasteiger partial charge on any atom is -0.439 e. The van der Waals surface area contributed by atoms with Gasteiger partial charge in [-0.2, -0.15) is 0 Å². The summed E-state index contributed by atoms with van der Waals surface area (Å²) in [5.74, 6) is -0.505. The third kappa shape index (κ3) is 2.65. The second kappa shape index (κ2) is 5.72. The summed E-state index contributed by atoms with van der Waals surface area (Å²) in [6, 6.07) is 6.07. The van der Waals surface area contributed by atoms with Gasteiger partial charge >= 0.3 is 12.1 Å². The zero-order valence-electron chi connectivity index (χ0n) is 14.2. The quantitative estimate of drug-likeness (QED) is 0.772. The van der Waals surface area contributed by atoms with E-state index in [1.165, 1.54) is 9.80 Å². The van der Waals surface area contributed by atoms with Gasteiger partial charge in [0.25, 0.3) is 5.91 Å². The van der Waals surface area contributed by atoms with Crippen LogP contribution in [0.1, 0.15) is 16.8 Å². The average Bonchev–Trinajstić information content (AvgIpc) is 3.25. The number of benzene rings is 1. The maximum atomic E-state index is 12.7. The average molecular weight is 358 g/mol. The predicted molar refractivity (Wildman–Crippen MR) is 89.7 cm³/mol. The molecule has 1 atom stereocenters. The Hall–Kier alpha value is -3.10. The molecule has 1 aromatic carbocycles. The van der Waals surface area contributed by atoms with Crippen molar-refractivity contribution >= 4 is 29.6 Å². The third-order valence-corrected chi connectivity index (χ3v) is 4.96. The van der Waals surface area contributed by atoms with Crippen LogP contribution >= 0.6 is 0 Å². The summed E-state index contributed by atoms with van der Waals surface area (Å²) in [4.78, 5) is 51.8. The van der Waals surface area contributed by atoms with E-state index in [-0.39, 0.29) is 24.5 Å². The summed E-state index contributed by atoms with van der Waals surface area (Å²) in [6.07, 6.45) is 0.255. The lowest BCUT2D eigenvalue weighted by Crippen LogP contribution is -2.39. The number of hydrogen-bond donors (Lipinski definition) is 1. The van der Waals surface area contributed by atoms with Crippen LogP contribution in [0.2, 0.25) is 0 Å². The summed E-state index contributed by atoms with van der Waals surface area (Å²) in [5.41, 5.74) is 0.415. The first-order chi connectivity index (χ1) is 12.4. The molecule has 26 heavy (non-hydrogen) atoms. The van der Waals surface area contributed by atoms with E-state index in [0.29, 0.717) is 37.3 Å². The molecule has 0 aliphatic carbocycles. The minimum absolute atomic E-state index is 0.0281. The molecule has 1 N–H and O–H groups in total. The molecule has 9 heteroatoms. The van der Waals surface area contributed by atoms with E-state index in [4.69, 9.17) is 4.74 Å². The van der Waals surface area contributed by atoms with Gasteiger partial charge in [0.05, 0.1) is 13.1 Å². The first-order valence-electron chi connectivity index (χ1n) is 8.32. The van der Waals surface area contributed by atoms with Crippen molar-refractivity contribution in [1.82, 2.24) is 15.1 Å². The summed E-state index contributed by atoms with van der Waals surface area (Å²) in [7, 11) is 1.68. The van der Waals surface area contributed by atoms with Crippen LogP contribution in [0.3, 0.4) is 0 Å². The molecular weight excluding hydrogens is 340 g/mol. The Morgan fingerprint density at radius 1 is 1.15 bits per heavy atom. The lowest BCUT2D eigenvalue weighted by atomic mass is 10.0. The zero-order valence-corrected chi connectivity index (χ0v) is 14.2. The second-order valence-electron chi connectivity index (χ2n) is 6.87. The molecule has 3 fully saturated rings. The number of nitrogens with one attached hydrogen (secondary N) is 1. The molecule has 1 aromatic rings. The lowest BCUT2D eigenvalue weighted by molar-refractivity contribution is -0.117. The molecule has 3 saturated heterocycles. The highest BCUT2D eigenvalue weighted by atomic mass is 16.6. The molecule has 0 unspecified atom stereocenters. The number of carbonyl (C=O) groups is 4. The highest BCUT2D eigenvalue weighted by Gasteiger charge is 2.49. The van der Waals surface area contributed by atoms with E-state index in [1.807, 2.05) is 0 Å². The highest BCUT2D eigenvalue weighted by Crippen LogP contribution is 2.32. The van der Waals surface area contributed by atoms with Crippen molar-refractivity contribution in [3.63, 3.8) is 0 Å². The summed E-state index contributed by atoms with van der Waals surface area (Å²) in [5, 5.41) is 2.21. The third-order valence-electron chi connectivity index (χ3n) is 4.96. The van der Waals surface area contributed by atoms with E-state index in [1.54, 1.807) is 36.2 Å². The number of urea groups is 1. The first-order valence-corrected chi connectivity index (χ1v) is 8.32. The van der Waals surface area contributed by atoms with Gasteiger partial charge < -0.3 is 14.5 Å². The number of likely N-dealkylation sites (N-methyl/N-ethyl adjacent to an activating group) is 1. The number of hydrogen-bond acceptors (Lipinski definition) is 5. The fraction of sp³-hybridized carbons (Fsp3) is 0.412. The van der Waals surface area contributed by atoms with Gasteiger partial charge in [0.15, 0.2) is 5.60 Å². The smallest absolute Gasteiger partial charge is 0.410 e. The van der Waals surface area contributed by atoms with Crippen LogP contribution in [0.15, 0.2) is 24.3 Å². The van der Waals surface area contributed by atoms with Crippen molar-refractivity contribution in [2.75, 3.05) is 38.1 Å². The van der Waals surface area contributed by atoms with Crippen molar-refractivity contribution in [3.8, 4) is 0 Å². The van der Waals surface area contributed by atoms with Crippen LogP contribution in [0, 0.1) is 0 Å². The Labute approximate surface area is 149 Å². The van der Waals surface area contributed by atoms with E-state index in [9.17, 15) is 19.2 Å². The van der Waals surface area contributed by atoms with Crippen molar-refractivity contribution in [1.29, 1.82) is 0 Å². The van der Waals surface area contributed by atoms with Gasteiger partial charge in [-0.25, -0.2) is 9.59 Å². The maximum absolute atomic E-state index is 12.7. The fourth-order valence-electron chi connectivity index (χ4n) is 3.64. The number of rotatable bonds is 2. The Balaban J connectivity index is 1.45. The molecule has 0 saturated carbocycles. The van der Waals surface area contributed by atoms with E-state index in [0.717, 1.165) is 0 Å². The molecule has 1 spiro atoms. The van der Waals surface area contributed by atoms with E-state index >= 15 is 0 Å². The monoisotopic (exact) mass is 358 g/mol.